The Kier molecular flexibility index (Phi) is 5.24. The van der Waals surface area contributed by atoms with E-state index in [4.69, 9.17) is 18.9 Å². The highest BCUT2D eigenvalue weighted by atomic mass is 17.0. The minimum absolute atomic E-state index is 0.245. The molecule has 2 heterocycles. The Morgan fingerprint density at radius 2 is 0.957 bits per heavy atom. The fourth-order valence-corrected chi connectivity index (χ4v) is 4.74. The highest BCUT2D eigenvalue weighted by Gasteiger charge is 2.51. The van der Waals surface area contributed by atoms with E-state index in [-0.39, 0.29) is 12.2 Å². The Bertz CT molecular complexity index is 350. The van der Waals surface area contributed by atoms with Gasteiger partial charge in [-0.1, -0.05) is 51.4 Å². The van der Waals surface area contributed by atoms with Crippen LogP contribution in [0.5, 0.6) is 0 Å². The van der Waals surface area contributed by atoms with E-state index in [9.17, 15) is 0 Å². The van der Waals surface area contributed by atoms with Crippen LogP contribution in [0.1, 0.15) is 77.0 Å². The van der Waals surface area contributed by atoms with E-state index in [1.165, 1.54) is 64.2 Å². The molecule has 0 radical (unpaired) electrons. The Morgan fingerprint density at radius 3 is 1.43 bits per heavy atom. The highest BCUT2D eigenvalue weighted by molar-refractivity contribution is 4.82. The van der Waals surface area contributed by atoms with Crippen molar-refractivity contribution in [1.29, 1.82) is 0 Å². The van der Waals surface area contributed by atoms with Crippen molar-refractivity contribution in [3.8, 4) is 0 Å². The van der Waals surface area contributed by atoms with Crippen LogP contribution in [-0.4, -0.2) is 31.6 Å². The maximum absolute atomic E-state index is 6.31. The first-order valence-electron chi connectivity index (χ1n) is 9.98. The second-order valence-electron chi connectivity index (χ2n) is 7.94. The molecule has 0 bridgehead atoms. The van der Waals surface area contributed by atoms with Crippen molar-refractivity contribution in [2.45, 2.75) is 95.4 Å². The molecule has 2 saturated carbocycles. The molecule has 23 heavy (non-hydrogen) atoms. The number of fused-ring (bicyclic) bond motifs is 2. The standard InChI is InChI=1S/C19H32O4/c1-3-7-11-17-15(9-5-1)13-20-19(22-17)21-14-16-10-6-2-4-8-12-18(16)23-19/h15-18H,1-14H2. The van der Waals surface area contributed by atoms with Crippen molar-refractivity contribution in [1.82, 2.24) is 0 Å². The summed E-state index contributed by atoms with van der Waals surface area (Å²) in [6.07, 6.45) is 14.4. The molecule has 0 amide bonds. The summed E-state index contributed by atoms with van der Waals surface area (Å²) in [6, 6.07) is 0. The van der Waals surface area contributed by atoms with Crippen LogP contribution >= 0.6 is 0 Å². The predicted molar refractivity (Wildman–Crippen MR) is 86.8 cm³/mol. The number of ether oxygens (including phenoxy) is 4. The monoisotopic (exact) mass is 324 g/mol. The summed E-state index contributed by atoms with van der Waals surface area (Å²) in [5, 5.41) is 0. The zero-order valence-electron chi connectivity index (χ0n) is 14.3. The van der Waals surface area contributed by atoms with Gasteiger partial charge in [0.2, 0.25) is 0 Å². The van der Waals surface area contributed by atoms with Crippen LogP contribution in [0.2, 0.25) is 0 Å². The first-order valence-corrected chi connectivity index (χ1v) is 9.98. The molecule has 1 spiro atoms. The molecule has 0 aromatic carbocycles. The van der Waals surface area contributed by atoms with Crippen molar-refractivity contribution in [3.63, 3.8) is 0 Å². The van der Waals surface area contributed by atoms with Crippen LogP contribution in [0, 0.1) is 11.8 Å². The predicted octanol–water partition coefficient (Wildman–Crippen LogP) is 4.37. The Hall–Kier alpha value is -0.160. The fourth-order valence-electron chi connectivity index (χ4n) is 4.74. The molecule has 0 aromatic rings. The van der Waals surface area contributed by atoms with Crippen LogP contribution < -0.4 is 0 Å². The van der Waals surface area contributed by atoms with Crippen LogP contribution in [0.15, 0.2) is 0 Å². The Balaban J connectivity index is 1.42. The van der Waals surface area contributed by atoms with Crippen molar-refractivity contribution in [2.75, 3.05) is 13.2 Å². The number of hydrogen-bond acceptors (Lipinski definition) is 4. The summed E-state index contributed by atoms with van der Waals surface area (Å²) in [6.45, 7) is 1.45. The van der Waals surface area contributed by atoms with Crippen molar-refractivity contribution in [2.24, 2.45) is 11.8 Å². The van der Waals surface area contributed by atoms with Gasteiger partial charge in [-0.3, -0.25) is 9.47 Å². The molecule has 4 fully saturated rings. The molecule has 132 valence electrons. The molecular formula is C19H32O4. The van der Waals surface area contributed by atoms with Crippen LogP contribution in [-0.2, 0) is 18.9 Å². The third-order valence-electron chi connectivity index (χ3n) is 6.22. The van der Waals surface area contributed by atoms with Gasteiger partial charge >= 0.3 is 6.16 Å². The van der Waals surface area contributed by atoms with E-state index in [0.717, 1.165) is 26.1 Å². The van der Waals surface area contributed by atoms with Gasteiger partial charge in [0.25, 0.3) is 0 Å². The zero-order valence-corrected chi connectivity index (χ0v) is 14.3. The highest BCUT2D eigenvalue weighted by Crippen LogP contribution is 2.41. The molecular weight excluding hydrogens is 292 g/mol. The first kappa shape index (κ1) is 16.3. The Labute approximate surface area is 140 Å². The average molecular weight is 324 g/mol. The van der Waals surface area contributed by atoms with Crippen LogP contribution in [0.3, 0.4) is 0 Å². The van der Waals surface area contributed by atoms with Gasteiger partial charge in [-0.15, -0.1) is 0 Å². The minimum atomic E-state index is -1.19. The number of rotatable bonds is 0. The Morgan fingerprint density at radius 1 is 0.522 bits per heavy atom. The molecule has 4 rings (SSSR count). The molecule has 4 atom stereocenters. The molecule has 4 nitrogen and oxygen atoms in total. The SMILES string of the molecule is C1CCCC2OC3(OCC2CC1)OCC1CCCCCCC1O3. The van der Waals surface area contributed by atoms with E-state index in [1.807, 2.05) is 0 Å². The molecule has 4 heteroatoms. The van der Waals surface area contributed by atoms with E-state index < -0.39 is 6.16 Å². The second kappa shape index (κ2) is 7.38. The van der Waals surface area contributed by atoms with Gasteiger partial charge in [0.05, 0.1) is 25.4 Å². The molecule has 2 aliphatic carbocycles. The summed E-state index contributed by atoms with van der Waals surface area (Å²) in [4.78, 5) is 0. The summed E-state index contributed by atoms with van der Waals surface area (Å²) in [5.41, 5.74) is 0. The lowest BCUT2D eigenvalue weighted by atomic mass is 9.88. The smallest absolute Gasteiger partial charge is 0.303 e. The molecule has 0 aromatic heterocycles. The molecule has 2 aliphatic heterocycles. The van der Waals surface area contributed by atoms with Gasteiger partial charge in [0.1, 0.15) is 0 Å². The average Bonchev–Trinajstić information content (AvgIpc) is 2.51. The van der Waals surface area contributed by atoms with Crippen LogP contribution in [0.4, 0.5) is 0 Å². The lowest BCUT2D eigenvalue weighted by Gasteiger charge is -2.49. The quantitative estimate of drug-likeness (QED) is 0.663. The van der Waals surface area contributed by atoms with Gasteiger partial charge in [0, 0.05) is 11.8 Å². The second-order valence-corrected chi connectivity index (χ2v) is 7.94. The normalized spacial score (nSPS) is 45.9. The summed E-state index contributed by atoms with van der Waals surface area (Å²) in [5.74, 6) is 1.03. The summed E-state index contributed by atoms with van der Waals surface area (Å²) in [7, 11) is 0. The fraction of sp³-hybridized carbons (Fsp3) is 1.00. The van der Waals surface area contributed by atoms with Crippen molar-refractivity contribution in [3.05, 3.63) is 0 Å². The van der Waals surface area contributed by atoms with Gasteiger partial charge < -0.3 is 9.47 Å². The lowest BCUT2D eigenvalue weighted by molar-refractivity contribution is -0.557. The van der Waals surface area contributed by atoms with Gasteiger partial charge in [-0.05, 0) is 25.7 Å². The van der Waals surface area contributed by atoms with E-state index >= 15 is 0 Å². The first-order chi connectivity index (χ1) is 11.3. The van der Waals surface area contributed by atoms with E-state index in [2.05, 4.69) is 0 Å². The van der Waals surface area contributed by atoms with Gasteiger partial charge in [-0.2, -0.15) is 0 Å². The molecule has 0 N–H and O–H groups in total. The van der Waals surface area contributed by atoms with Gasteiger partial charge in [-0.25, -0.2) is 0 Å². The number of hydrogen-bond donors (Lipinski definition) is 0. The molecule has 2 saturated heterocycles. The van der Waals surface area contributed by atoms with Crippen LogP contribution in [0.25, 0.3) is 0 Å². The largest absolute Gasteiger partial charge is 0.413 e. The van der Waals surface area contributed by atoms with Gasteiger partial charge in [0.15, 0.2) is 0 Å². The minimum Gasteiger partial charge on any atom is -0.303 e. The maximum Gasteiger partial charge on any atom is 0.413 e. The zero-order chi connectivity index (χ0) is 15.5. The van der Waals surface area contributed by atoms with E-state index in [0.29, 0.717) is 11.8 Å². The lowest BCUT2D eigenvalue weighted by Crippen LogP contribution is -2.58. The van der Waals surface area contributed by atoms with Crippen molar-refractivity contribution >= 4 is 0 Å². The molecule has 4 aliphatic rings. The maximum atomic E-state index is 6.31. The molecule has 4 unspecified atom stereocenters. The summed E-state index contributed by atoms with van der Waals surface area (Å²) >= 11 is 0. The van der Waals surface area contributed by atoms with E-state index in [1.54, 1.807) is 0 Å². The third-order valence-corrected chi connectivity index (χ3v) is 6.22. The summed E-state index contributed by atoms with van der Waals surface area (Å²) < 4.78 is 24.7. The van der Waals surface area contributed by atoms with Crippen molar-refractivity contribution < 1.29 is 18.9 Å². The topological polar surface area (TPSA) is 36.9 Å². The third kappa shape index (κ3) is 3.76.